The summed E-state index contributed by atoms with van der Waals surface area (Å²) in [5.41, 5.74) is 8.29. The van der Waals surface area contributed by atoms with Crippen molar-refractivity contribution < 1.29 is 4.74 Å². The van der Waals surface area contributed by atoms with Crippen molar-refractivity contribution in [2.75, 3.05) is 5.73 Å². The number of halogens is 1. The smallest absolute Gasteiger partial charge is 0.138 e. The van der Waals surface area contributed by atoms with E-state index in [0.29, 0.717) is 10.7 Å². The third kappa shape index (κ3) is 2.53. The Kier molecular flexibility index (Phi) is 3.20. The third-order valence-electron chi connectivity index (χ3n) is 2.96. The lowest BCUT2D eigenvalue weighted by Crippen LogP contribution is -1.92. The van der Waals surface area contributed by atoms with Crippen molar-refractivity contribution in [1.82, 2.24) is 4.98 Å². The van der Waals surface area contributed by atoms with Crippen LogP contribution >= 0.6 is 11.6 Å². The molecule has 3 rings (SSSR count). The molecule has 0 saturated carbocycles. The third-order valence-corrected chi connectivity index (χ3v) is 3.22. The van der Waals surface area contributed by atoms with Gasteiger partial charge in [-0.2, -0.15) is 0 Å². The van der Waals surface area contributed by atoms with E-state index in [2.05, 4.69) is 4.98 Å². The summed E-state index contributed by atoms with van der Waals surface area (Å²) in [5, 5.41) is 1.57. The van der Waals surface area contributed by atoms with Crippen molar-refractivity contribution in [2.24, 2.45) is 0 Å². The zero-order valence-electron chi connectivity index (χ0n) is 10.9. The van der Waals surface area contributed by atoms with Gasteiger partial charge in [0, 0.05) is 27.9 Å². The molecule has 0 aliphatic rings. The molecule has 0 spiro atoms. The van der Waals surface area contributed by atoms with E-state index in [0.717, 1.165) is 28.1 Å². The maximum atomic E-state index is 5.93. The average Bonchev–Trinajstić information content (AvgIpc) is 2.42. The first-order valence-corrected chi connectivity index (χ1v) is 6.60. The molecule has 2 N–H and O–H groups in total. The molecule has 0 bridgehead atoms. The topological polar surface area (TPSA) is 48.1 Å². The van der Waals surface area contributed by atoms with Crippen LogP contribution in [0.5, 0.6) is 11.5 Å². The molecule has 0 saturated heterocycles. The Morgan fingerprint density at radius 1 is 1.05 bits per heavy atom. The number of pyridine rings is 1. The standard InChI is InChI=1S/C16H13ClN2O/c1-10-8-16(20-13-5-2-11(17)3-6-13)14-9-12(18)4-7-15(14)19-10/h2-9H,18H2,1H3. The number of hydrogen-bond donors (Lipinski definition) is 1. The van der Waals surface area contributed by atoms with Gasteiger partial charge in [0.05, 0.1) is 5.52 Å². The van der Waals surface area contributed by atoms with Crippen LogP contribution in [0.2, 0.25) is 5.02 Å². The lowest BCUT2D eigenvalue weighted by Gasteiger charge is -2.10. The van der Waals surface area contributed by atoms with Crippen LogP contribution in [-0.4, -0.2) is 4.98 Å². The van der Waals surface area contributed by atoms with Gasteiger partial charge < -0.3 is 10.5 Å². The highest BCUT2D eigenvalue weighted by atomic mass is 35.5. The van der Waals surface area contributed by atoms with Crippen molar-refractivity contribution in [3.05, 3.63) is 59.2 Å². The molecule has 0 fully saturated rings. The van der Waals surface area contributed by atoms with Gasteiger partial charge >= 0.3 is 0 Å². The van der Waals surface area contributed by atoms with Crippen LogP contribution in [0.3, 0.4) is 0 Å². The minimum atomic E-state index is 0.678. The number of fused-ring (bicyclic) bond motifs is 1. The number of nitrogens with zero attached hydrogens (tertiary/aromatic N) is 1. The number of hydrogen-bond acceptors (Lipinski definition) is 3. The largest absolute Gasteiger partial charge is 0.457 e. The van der Waals surface area contributed by atoms with Crippen molar-refractivity contribution in [3.63, 3.8) is 0 Å². The van der Waals surface area contributed by atoms with Crippen LogP contribution < -0.4 is 10.5 Å². The van der Waals surface area contributed by atoms with Gasteiger partial charge in [-0.25, -0.2) is 0 Å². The van der Waals surface area contributed by atoms with E-state index in [1.165, 1.54) is 0 Å². The number of aryl methyl sites for hydroxylation is 1. The second-order valence-electron chi connectivity index (χ2n) is 4.59. The summed E-state index contributed by atoms with van der Waals surface area (Å²) in [7, 11) is 0. The van der Waals surface area contributed by atoms with Gasteiger partial charge in [-0.3, -0.25) is 4.98 Å². The summed E-state index contributed by atoms with van der Waals surface area (Å²) < 4.78 is 5.93. The van der Waals surface area contributed by atoms with Gasteiger partial charge in [0.2, 0.25) is 0 Å². The summed E-state index contributed by atoms with van der Waals surface area (Å²) >= 11 is 5.87. The van der Waals surface area contributed by atoms with E-state index in [-0.39, 0.29) is 0 Å². The van der Waals surface area contributed by atoms with Gasteiger partial charge in [-0.05, 0) is 49.4 Å². The number of aromatic nitrogens is 1. The van der Waals surface area contributed by atoms with Crippen LogP contribution in [0.1, 0.15) is 5.69 Å². The summed E-state index contributed by atoms with van der Waals surface area (Å²) in [6.07, 6.45) is 0. The van der Waals surface area contributed by atoms with Gasteiger partial charge in [0.1, 0.15) is 11.5 Å². The molecule has 3 nitrogen and oxygen atoms in total. The van der Waals surface area contributed by atoms with E-state index in [4.69, 9.17) is 22.1 Å². The SMILES string of the molecule is Cc1cc(Oc2ccc(Cl)cc2)c2cc(N)ccc2n1. The molecule has 0 aliphatic heterocycles. The highest BCUT2D eigenvalue weighted by Gasteiger charge is 2.07. The maximum absolute atomic E-state index is 5.93. The number of nitrogen functional groups attached to an aromatic ring is 1. The fourth-order valence-corrected chi connectivity index (χ4v) is 2.18. The van der Waals surface area contributed by atoms with Crippen LogP contribution in [-0.2, 0) is 0 Å². The monoisotopic (exact) mass is 284 g/mol. The molecular weight excluding hydrogens is 272 g/mol. The minimum Gasteiger partial charge on any atom is -0.457 e. The molecule has 1 aromatic heterocycles. The van der Waals surface area contributed by atoms with Crippen molar-refractivity contribution in [2.45, 2.75) is 6.92 Å². The second-order valence-corrected chi connectivity index (χ2v) is 5.03. The number of nitrogens with two attached hydrogens (primary N) is 1. The van der Waals surface area contributed by atoms with Gasteiger partial charge in [0.15, 0.2) is 0 Å². The zero-order valence-corrected chi connectivity index (χ0v) is 11.7. The maximum Gasteiger partial charge on any atom is 0.138 e. The van der Waals surface area contributed by atoms with E-state index in [9.17, 15) is 0 Å². The molecule has 20 heavy (non-hydrogen) atoms. The first kappa shape index (κ1) is 12.8. The average molecular weight is 285 g/mol. The van der Waals surface area contributed by atoms with E-state index >= 15 is 0 Å². The van der Waals surface area contributed by atoms with E-state index < -0.39 is 0 Å². The van der Waals surface area contributed by atoms with Crippen molar-refractivity contribution in [3.8, 4) is 11.5 Å². The summed E-state index contributed by atoms with van der Waals surface area (Å²) in [4.78, 5) is 4.48. The fourth-order valence-electron chi connectivity index (χ4n) is 2.05. The van der Waals surface area contributed by atoms with E-state index in [1.807, 2.05) is 43.3 Å². The van der Waals surface area contributed by atoms with Crippen LogP contribution in [0.25, 0.3) is 10.9 Å². The molecule has 0 atom stereocenters. The Morgan fingerprint density at radius 3 is 2.55 bits per heavy atom. The normalized spacial score (nSPS) is 10.7. The lowest BCUT2D eigenvalue weighted by molar-refractivity contribution is 0.487. The molecule has 0 radical (unpaired) electrons. The predicted octanol–water partition coefficient (Wildman–Crippen LogP) is 4.57. The molecule has 0 aliphatic carbocycles. The van der Waals surface area contributed by atoms with E-state index in [1.54, 1.807) is 12.1 Å². The molecule has 1 heterocycles. The molecule has 2 aromatic carbocycles. The Bertz CT molecular complexity index is 769. The fraction of sp³-hybridized carbons (Fsp3) is 0.0625. The second kappa shape index (κ2) is 5.02. The van der Waals surface area contributed by atoms with Crippen LogP contribution in [0.15, 0.2) is 48.5 Å². The Hall–Kier alpha value is -2.26. The summed E-state index contributed by atoms with van der Waals surface area (Å²) in [5.74, 6) is 1.46. The highest BCUT2D eigenvalue weighted by Crippen LogP contribution is 2.31. The first-order chi connectivity index (χ1) is 9.61. The first-order valence-electron chi connectivity index (χ1n) is 6.22. The van der Waals surface area contributed by atoms with Crippen molar-refractivity contribution in [1.29, 1.82) is 0 Å². The molecule has 100 valence electrons. The Morgan fingerprint density at radius 2 is 1.80 bits per heavy atom. The Labute approximate surface area is 122 Å². The van der Waals surface area contributed by atoms with Gasteiger partial charge in [-0.1, -0.05) is 11.6 Å². The van der Waals surface area contributed by atoms with Crippen LogP contribution in [0.4, 0.5) is 5.69 Å². The molecule has 0 amide bonds. The minimum absolute atomic E-state index is 0.678. The van der Waals surface area contributed by atoms with Crippen LogP contribution in [0, 0.1) is 6.92 Å². The number of benzene rings is 2. The number of ether oxygens (including phenoxy) is 1. The zero-order chi connectivity index (χ0) is 14.1. The van der Waals surface area contributed by atoms with Gasteiger partial charge in [0.25, 0.3) is 0 Å². The summed E-state index contributed by atoms with van der Waals surface area (Å²) in [6, 6.07) is 14.7. The number of rotatable bonds is 2. The Balaban J connectivity index is 2.10. The molecular formula is C16H13ClN2O. The molecule has 4 heteroatoms. The van der Waals surface area contributed by atoms with Crippen molar-refractivity contribution >= 4 is 28.2 Å². The predicted molar refractivity (Wildman–Crippen MR) is 82.4 cm³/mol. The quantitative estimate of drug-likeness (QED) is 0.701. The van der Waals surface area contributed by atoms with Gasteiger partial charge in [-0.15, -0.1) is 0 Å². The number of anilines is 1. The molecule has 0 unspecified atom stereocenters. The summed E-state index contributed by atoms with van der Waals surface area (Å²) in [6.45, 7) is 1.94. The lowest BCUT2D eigenvalue weighted by atomic mass is 10.1. The highest BCUT2D eigenvalue weighted by molar-refractivity contribution is 6.30. The molecule has 3 aromatic rings.